The molecule has 2 aromatic rings. The Balaban J connectivity index is 1.53. The fourth-order valence-corrected chi connectivity index (χ4v) is 3.17. The van der Waals surface area contributed by atoms with Crippen molar-refractivity contribution in [3.8, 4) is 0 Å². The van der Waals surface area contributed by atoms with Crippen molar-refractivity contribution in [2.45, 2.75) is 32.5 Å². The van der Waals surface area contributed by atoms with Crippen LogP contribution in [0.5, 0.6) is 0 Å². The van der Waals surface area contributed by atoms with Crippen LogP contribution in [0.25, 0.3) is 0 Å². The number of alkyl halides is 3. The fourth-order valence-electron chi connectivity index (χ4n) is 3.17. The van der Waals surface area contributed by atoms with E-state index in [9.17, 15) is 18.0 Å². The van der Waals surface area contributed by atoms with Crippen LogP contribution in [0.1, 0.15) is 24.2 Å². The van der Waals surface area contributed by atoms with Gasteiger partial charge in [0.15, 0.2) is 0 Å². The summed E-state index contributed by atoms with van der Waals surface area (Å²) >= 11 is 0. The molecule has 1 N–H and O–H groups in total. The van der Waals surface area contributed by atoms with Crippen LogP contribution >= 0.6 is 0 Å². The Morgan fingerprint density at radius 3 is 2.65 bits per heavy atom. The van der Waals surface area contributed by atoms with Crippen LogP contribution in [0.4, 0.5) is 23.7 Å². The number of amides is 2. The molecule has 0 saturated carbocycles. The summed E-state index contributed by atoms with van der Waals surface area (Å²) in [6, 6.07) is 4.33. The summed E-state index contributed by atoms with van der Waals surface area (Å²) in [5.41, 5.74) is -0.620. The topological polar surface area (TPSA) is 50.2 Å². The summed E-state index contributed by atoms with van der Waals surface area (Å²) in [5, 5.41) is 2.57. The highest BCUT2D eigenvalue weighted by atomic mass is 19.4. The molecule has 0 bridgehead atoms. The number of anilines is 1. The zero-order valence-corrected chi connectivity index (χ0v) is 14.5. The maximum absolute atomic E-state index is 12.8. The lowest BCUT2D eigenvalue weighted by Gasteiger charge is -2.32. The molecule has 2 heterocycles. The summed E-state index contributed by atoms with van der Waals surface area (Å²) in [5.74, 6) is 1.43. The summed E-state index contributed by atoms with van der Waals surface area (Å²) in [6.07, 6.45) is 1.00. The molecule has 1 aliphatic rings. The molecule has 1 aliphatic heterocycles. The largest absolute Gasteiger partial charge is 0.416 e. The van der Waals surface area contributed by atoms with Gasteiger partial charge in [0.05, 0.1) is 5.56 Å². The smallest absolute Gasteiger partial charge is 0.335 e. The van der Waals surface area contributed by atoms with Crippen molar-refractivity contribution in [1.82, 2.24) is 14.5 Å². The maximum atomic E-state index is 12.8. The SMILES string of the molecule is Cc1nccn1CC1CCN(C(=O)Nc2cccc(C(F)(F)F)c2)CC1. The Morgan fingerprint density at radius 2 is 2.04 bits per heavy atom. The summed E-state index contributed by atoms with van der Waals surface area (Å²) in [6.45, 7) is 4.00. The lowest BCUT2D eigenvalue weighted by molar-refractivity contribution is -0.137. The molecule has 2 amide bonds. The third kappa shape index (κ3) is 4.36. The van der Waals surface area contributed by atoms with Crippen LogP contribution in [0.2, 0.25) is 0 Å². The molecule has 1 aromatic heterocycles. The molecule has 0 radical (unpaired) electrons. The Kier molecular flexibility index (Phi) is 5.20. The number of urea groups is 1. The minimum atomic E-state index is -4.43. The van der Waals surface area contributed by atoms with E-state index >= 15 is 0 Å². The molecular weight excluding hydrogens is 345 g/mol. The molecule has 0 aliphatic carbocycles. The monoisotopic (exact) mass is 366 g/mol. The van der Waals surface area contributed by atoms with Crippen molar-refractivity contribution in [3.05, 3.63) is 48.0 Å². The van der Waals surface area contributed by atoms with Crippen LogP contribution in [-0.2, 0) is 12.7 Å². The van der Waals surface area contributed by atoms with Gasteiger partial charge in [-0.05, 0) is 43.9 Å². The number of likely N-dealkylation sites (tertiary alicyclic amines) is 1. The first kappa shape index (κ1) is 18.3. The van der Waals surface area contributed by atoms with E-state index in [4.69, 9.17) is 0 Å². The van der Waals surface area contributed by atoms with E-state index in [1.54, 1.807) is 11.1 Å². The van der Waals surface area contributed by atoms with Gasteiger partial charge in [0, 0.05) is 37.7 Å². The third-order valence-corrected chi connectivity index (χ3v) is 4.72. The minimum absolute atomic E-state index is 0.154. The number of hydrogen-bond acceptors (Lipinski definition) is 2. The van der Waals surface area contributed by atoms with Crippen molar-refractivity contribution >= 4 is 11.7 Å². The molecule has 0 atom stereocenters. The Hall–Kier alpha value is -2.51. The van der Waals surface area contributed by atoms with E-state index < -0.39 is 11.7 Å². The van der Waals surface area contributed by atoms with E-state index in [0.717, 1.165) is 37.3 Å². The number of nitrogens with zero attached hydrogens (tertiary/aromatic N) is 3. The van der Waals surface area contributed by atoms with Crippen LogP contribution in [0.15, 0.2) is 36.7 Å². The van der Waals surface area contributed by atoms with E-state index in [0.29, 0.717) is 19.0 Å². The minimum Gasteiger partial charge on any atom is -0.335 e. The second kappa shape index (κ2) is 7.39. The Morgan fingerprint density at radius 1 is 1.31 bits per heavy atom. The zero-order chi connectivity index (χ0) is 18.7. The van der Waals surface area contributed by atoms with Crippen molar-refractivity contribution < 1.29 is 18.0 Å². The number of nitrogens with one attached hydrogen (secondary N) is 1. The molecule has 8 heteroatoms. The quantitative estimate of drug-likeness (QED) is 0.887. The average Bonchev–Trinajstić information content (AvgIpc) is 3.00. The predicted octanol–water partition coefficient (Wildman–Crippen LogP) is 4.15. The number of rotatable bonds is 3. The highest BCUT2D eigenvalue weighted by Crippen LogP contribution is 2.30. The maximum Gasteiger partial charge on any atom is 0.416 e. The van der Waals surface area contributed by atoms with Gasteiger partial charge < -0.3 is 14.8 Å². The van der Waals surface area contributed by atoms with Crippen LogP contribution < -0.4 is 5.32 Å². The highest BCUT2D eigenvalue weighted by Gasteiger charge is 2.30. The van der Waals surface area contributed by atoms with Crippen LogP contribution in [0.3, 0.4) is 0 Å². The highest BCUT2D eigenvalue weighted by molar-refractivity contribution is 5.89. The van der Waals surface area contributed by atoms with Gasteiger partial charge in [-0.1, -0.05) is 6.07 Å². The van der Waals surface area contributed by atoms with E-state index in [1.807, 2.05) is 13.1 Å². The number of piperidine rings is 1. The van der Waals surface area contributed by atoms with Gasteiger partial charge >= 0.3 is 12.2 Å². The number of imidazole rings is 1. The van der Waals surface area contributed by atoms with E-state index in [1.165, 1.54) is 12.1 Å². The number of halogens is 3. The van der Waals surface area contributed by atoms with Crippen molar-refractivity contribution in [2.75, 3.05) is 18.4 Å². The molecule has 1 aromatic carbocycles. The van der Waals surface area contributed by atoms with Gasteiger partial charge in [-0.25, -0.2) is 9.78 Å². The zero-order valence-electron chi connectivity index (χ0n) is 14.5. The lowest BCUT2D eigenvalue weighted by Crippen LogP contribution is -2.41. The van der Waals surface area contributed by atoms with Gasteiger partial charge in [0.2, 0.25) is 0 Å². The predicted molar refractivity (Wildman–Crippen MR) is 91.7 cm³/mol. The second-order valence-corrected chi connectivity index (χ2v) is 6.57. The van der Waals surface area contributed by atoms with Crippen LogP contribution in [0, 0.1) is 12.8 Å². The molecule has 140 valence electrons. The van der Waals surface area contributed by atoms with Crippen molar-refractivity contribution in [3.63, 3.8) is 0 Å². The number of hydrogen-bond donors (Lipinski definition) is 1. The van der Waals surface area contributed by atoms with Gasteiger partial charge in [-0.3, -0.25) is 0 Å². The third-order valence-electron chi connectivity index (χ3n) is 4.72. The average molecular weight is 366 g/mol. The Labute approximate surface area is 149 Å². The molecular formula is C18H21F3N4O. The summed E-state index contributed by atoms with van der Waals surface area (Å²) < 4.78 is 40.4. The first-order chi connectivity index (χ1) is 12.3. The molecule has 3 rings (SSSR count). The normalized spacial score (nSPS) is 15.9. The number of aryl methyl sites for hydroxylation is 1. The van der Waals surface area contributed by atoms with Gasteiger partial charge in [-0.2, -0.15) is 13.2 Å². The fraction of sp³-hybridized carbons (Fsp3) is 0.444. The second-order valence-electron chi connectivity index (χ2n) is 6.57. The molecule has 0 spiro atoms. The molecule has 1 saturated heterocycles. The molecule has 1 fully saturated rings. The van der Waals surface area contributed by atoms with Crippen molar-refractivity contribution in [1.29, 1.82) is 0 Å². The molecule has 5 nitrogen and oxygen atoms in total. The molecule has 26 heavy (non-hydrogen) atoms. The first-order valence-corrected chi connectivity index (χ1v) is 8.54. The molecule has 0 unspecified atom stereocenters. The number of carbonyl (C=O) groups is 1. The first-order valence-electron chi connectivity index (χ1n) is 8.54. The van der Waals surface area contributed by atoms with E-state index in [-0.39, 0.29) is 11.7 Å². The van der Waals surface area contributed by atoms with Crippen molar-refractivity contribution in [2.24, 2.45) is 5.92 Å². The Bertz CT molecular complexity index is 764. The standard InChI is InChI=1S/C18H21F3N4O/c1-13-22-7-10-25(13)12-14-5-8-24(9-6-14)17(26)23-16-4-2-3-15(11-16)18(19,20)21/h2-4,7,10-11,14H,5-6,8-9,12H2,1H3,(H,23,26). The summed E-state index contributed by atoms with van der Waals surface area (Å²) in [4.78, 5) is 18.2. The lowest BCUT2D eigenvalue weighted by atomic mass is 9.97. The number of carbonyl (C=O) groups excluding carboxylic acids is 1. The van der Waals surface area contributed by atoms with E-state index in [2.05, 4.69) is 14.9 Å². The van der Waals surface area contributed by atoms with Gasteiger partial charge in [0.25, 0.3) is 0 Å². The number of aromatic nitrogens is 2. The van der Waals surface area contributed by atoms with Crippen LogP contribution in [-0.4, -0.2) is 33.6 Å². The number of benzene rings is 1. The van der Waals surface area contributed by atoms with Gasteiger partial charge in [-0.15, -0.1) is 0 Å². The summed E-state index contributed by atoms with van der Waals surface area (Å²) in [7, 11) is 0. The van der Waals surface area contributed by atoms with Gasteiger partial charge in [0.1, 0.15) is 5.82 Å².